The second-order valence-electron chi connectivity index (χ2n) is 3.57. The molecule has 0 saturated carbocycles. The van der Waals surface area contributed by atoms with Gasteiger partial charge in [-0.1, -0.05) is 6.58 Å². The Morgan fingerprint density at radius 3 is 2.61 bits per heavy atom. The SMILES string of the molecule is C=C(C)COc1ccc(S(=O)(=O)Cl)cc1[N+](=O)[O-]. The Hall–Kier alpha value is -1.60. The number of hydrogen-bond donors (Lipinski definition) is 0. The fourth-order valence-corrected chi connectivity index (χ4v) is 1.89. The molecule has 0 radical (unpaired) electrons. The summed E-state index contributed by atoms with van der Waals surface area (Å²) >= 11 is 0. The van der Waals surface area contributed by atoms with E-state index in [4.69, 9.17) is 15.4 Å². The second-order valence-corrected chi connectivity index (χ2v) is 6.14. The predicted octanol–water partition coefficient (Wildman–Crippen LogP) is 2.48. The molecule has 0 spiro atoms. The molecule has 0 heterocycles. The maximum Gasteiger partial charge on any atom is 0.312 e. The van der Waals surface area contributed by atoms with E-state index >= 15 is 0 Å². The minimum atomic E-state index is -4.01. The standard InChI is InChI=1S/C10H10ClNO5S/c1-7(2)6-17-10-4-3-8(18(11,15)16)5-9(10)12(13)14/h3-5H,1,6H2,2H3. The molecule has 1 rings (SSSR count). The Balaban J connectivity index is 3.21. The summed E-state index contributed by atoms with van der Waals surface area (Å²) in [6, 6.07) is 3.19. The molecule has 1 aromatic rings. The van der Waals surface area contributed by atoms with Crippen LogP contribution in [0.2, 0.25) is 0 Å². The van der Waals surface area contributed by atoms with E-state index in [9.17, 15) is 18.5 Å². The molecular formula is C10H10ClNO5S. The lowest BCUT2D eigenvalue weighted by Crippen LogP contribution is -2.02. The average molecular weight is 292 g/mol. The first-order valence-corrected chi connectivity index (χ1v) is 7.03. The maximum atomic E-state index is 11.1. The lowest BCUT2D eigenvalue weighted by atomic mass is 10.3. The molecular weight excluding hydrogens is 282 g/mol. The topological polar surface area (TPSA) is 86.5 Å². The van der Waals surface area contributed by atoms with E-state index in [0.717, 1.165) is 12.1 Å². The fraction of sp³-hybridized carbons (Fsp3) is 0.200. The summed E-state index contributed by atoms with van der Waals surface area (Å²) in [6.07, 6.45) is 0. The van der Waals surface area contributed by atoms with Crippen LogP contribution in [0.1, 0.15) is 6.92 Å². The molecule has 0 aliphatic carbocycles. The number of benzene rings is 1. The smallest absolute Gasteiger partial charge is 0.312 e. The van der Waals surface area contributed by atoms with Crippen LogP contribution in [0.25, 0.3) is 0 Å². The summed E-state index contributed by atoms with van der Waals surface area (Å²) < 4.78 is 27.3. The highest BCUT2D eigenvalue weighted by molar-refractivity contribution is 8.13. The first kappa shape index (κ1) is 14.5. The molecule has 0 amide bonds. The van der Waals surface area contributed by atoms with Gasteiger partial charge in [0.05, 0.1) is 9.82 Å². The van der Waals surface area contributed by atoms with Crippen molar-refractivity contribution in [1.82, 2.24) is 0 Å². The van der Waals surface area contributed by atoms with Crippen molar-refractivity contribution in [2.45, 2.75) is 11.8 Å². The molecule has 8 heteroatoms. The highest BCUT2D eigenvalue weighted by atomic mass is 35.7. The molecule has 6 nitrogen and oxygen atoms in total. The van der Waals surface area contributed by atoms with Crippen molar-refractivity contribution in [2.24, 2.45) is 0 Å². The van der Waals surface area contributed by atoms with Crippen LogP contribution in [0.15, 0.2) is 35.2 Å². The number of hydrogen-bond acceptors (Lipinski definition) is 5. The van der Waals surface area contributed by atoms with Gasteiger partial charge in [-0.3, -0.25) is 10.1 Å². The normalized spacial score (nSPS) is 11.0. The lowest BCUT2D eigenvalue weighted by molar-refractivity contribution is -0.386. The number of nitro benzene ring substituents is 1. The van der Waals surface area contributed by atoms with Crippen LogP contribution >= 0.6 is 10.7 Å². The van der Waals surface area contributed by atoms with Gasteiger partial charge >= 0.3 is 5.69 Å². The summed E-state index contributed by atoms with van der Waals surface area (Å²) in [5.41, 5.74) is 0.219. The van der Waals surface area contributed by atoms with Crippen molar-refractivity contribution in [3.8, 4) is 5.75 Å². The zero-order chi connectivity index (χ0) is 13.9. The largest absolute Gasteiger partial charge is 0.482 e. The Morgan fingerprint density at radius 1 is 1.56 bits per heavy atom. The van der Waals surface area contributed by atoms with Crippen LogP contribution in [-0.2, 0) is 9.05 Å². The van der Waals surface area contributed by atoms with E-state index in [1.165, 1.54) is 6.07 Å². The van der Waals surface area contributed by atoms with Crippen molar-refractivity contribution in [1.29, 1.82) is 0 Å². The minimum absolute atomic E-state index is 0.0351. The van der Waals surface area contributed by atoms with Gasteiger partial charge in [-0.05, 0) is 24.6 Å². The average Bonchev–Trinajstić information content (AvgIpc) is 2.24. The lowest BCUT2D eigenvalue weighted by Gasteiger charge is -2.07. The molecule has 0 atom stereocenters. The molecule has 0 bridgehead atoms. The van der Waals surface area contributed by atoms with Crippen molar-refractivity contribution >= 4 is 25.4 Å². The summed E-state index contributed by atoms with van der Waals surface area (Å²) in [4.78, 5) is 9.73. The second kappa shape index (κ2) is 5.36. The van der Waals surface area contributed by atoms with Crippen molar-refractivity contribution in [3.63, 3.8) is 0 Å². The number of rotatable bonds is 5. The van der Waals surface area contributed by atoms with Crippen molar-refractivity contribution in [3.05, 3.63) is 40.5 Å². The van der Waals surface area contributed by atoms with Crippen LogP contribution in [-0.4, -0.2) is 19.9 Å². The first-order chi connectivity index (χ1) is 8.21. The highest BCUT2D eigenvalue weighted by Gasteiger charge is 2.20. The van der Waals surface area contributed by atoms with Crippen LogP contribution in [0.5, 0.6) is 5.75 Å². The zero-order valence-electron chi connectivity index (χ0n) is 9.42. The van der Waals surface area contributed by atoms with Gasteiger partial charge < -0.3 is 4.74 Å². The van der Waals surface area contributed by atoms with Crippen LogP contribution in [0, 0.1) is 10.1 Å². The maximum absolute atomic E-state index is 11.1. The van der Waals surface area contributed by atoms with E-state index < -0.39 is 19.7 Å². The summed E-state index contributed by atoms with van der Waals surface area (Å²) in [5, 5.41) is 10.8. The molecule has 0 aliphatic rings. The van der Waals surface area contributed by atoms with Crippen LogP contribution in [0.4, 0.5) is 5.69 Å². The van der Waals surface area contributed by atoms with E-state index in [0.29, 0.717) is 5.57 Å². The Kier molecular flexibility index (Phi) is 4.31. The minimum Gasteiger partial charge on any atom is -0.482 e. The summed E-state index contributed by atoms with van der Waals surface area (Å²) in [6.45, 7) is 5.39. The van der Waals surface area contributed by atoms with Gasteiger partial charge in [0, 0.05) is 16.7 Å². The number of ether oxygens (including phenoxy) is 1. The Morgan fingerprint density at radius 2 is 2.17 bits per heavy atom. The molecule has 0 aromatic heterocycles. The van der Waals surface area contributed by atoms with Gasteiger partial charge in [-0.15, -0.1) is 0 Å². The third-order valence-electron chi connectivity index (χ3n) is 1.88. The number of nitrogens with zero attached hydrogens (tertiary/aromatic N) is 1. The molecule has 98 valence electrons. The molecule has 0 unspecified atom stereocenters. The molecule has 0 saturated heterocycles. The Bertz CT molecular complexity index is 596. The molecule has 0 N–H and O–H groups in total. The van der Waals surface area contributed by atoms with Gasteiger partial charge in [0.15, 0.2) is 5.75 Å². The summed E-state index contributed by atoms with van der Waals surface area (Å²) in [5.74, 6) is -0.0351. The quantitative estimate of drug-likeness (QED) is 0.360. The monoisotopic (exact) mass is 291 g/mol. The third kappa shape index (κ3) is 3.71. The van der Waals surface area contributed by atoms with Gasteiger partial charge in [-0.25, -0.2) is 8.42 Å². The fourth-order valence-electron chi connectivity index (χ4n) is 1.11. The zero-order valence-corrected chi connectivity index (χ0v) is 11.0. The van der Waals surface area contributed by atoms with E-state index in [1.54, 1.807) is 6.92 Å². The molecule has 18 heavy (non-hydrogen) atoms. The van der Waals surface area contributed by atoms with E-state index in [1.807, 2.05) is 0 Å². The molecule has 0 fully saturated rings. The predicted molar refractivity (Wildman–Crippen MR) is 66.4 cm³/mol. The first-order valence-electron chi connectivity index (χ1n) is 4.72. The van der Waals surface area contributed by atoms with E-state index in [2.05, 4.69) is 6.58 Å². The van der Waals surface area contributed by atoms with Crippen molar-refractivity contribution in [2.75, 3.05) is 6.61 Å². The van der Waals surface area contributed by atoms with Gasteiger partial charge in [0.1, 0.15) is 6.61 Å². The van der Waals surface area contributed by atoms with E-state index in [-0.39, 0.29) is 17.3 Å². The third-order valence-corrected chi connectivity index (χ3v) is 3.23. The van der Waals surface area contributed by atoms with Crippen LogP contribution in [0.3, 0.4) is 0 Å². The highest BCUT2D eigenvalue weighted by Crippen LogP contribution is 2.31. The van der Waals surface area contributed by atoms with Gasteiger partial charge in [-0.2, -0.15) is 0 Å². The molecule has 1 aromatic carbocycles. The van der Waals surface area contributed by atoms with Gasteiger partial charge in [0.25, 0.3) is 9.05 Å². The summed E-state index contributed by atoms with van der Waals surface area (Å²) in [7, 11) is 1.10. The van der Waals surface area contributed by atoms with Crippen LogP contribution < -0.4 is 4.74 Å². The van der Waals surface area contributed by atoms with Gasteiger partial charge in [0.2, 0.25) is 0 Å². The number of nitro groups is 1. The van der Waals surface area contributed by atoms with Crippen molar-refractivity contribution < 1.29 is 18.1 Å². The molecule has 0 aliphatic heterocycles. The number of halogens is 1. The Labute approximate surface area is 108 Å².